The fraction of sp³-hybridized carbons (Fsp3) is 0.222. The van der Waals surface area contributed by atoms with Crippen molar-refractivity contribution in [2.45, 2.75) is 6.92 Å². The summed E-state index contributed by atoms with van der Waals surface area (Å²) < 4.78 is 10.1. The van der Waals surface area contributed by atoms with E-state index in [0.717, 1.165) is 11.1 Å². The SMILES string of the molecule is COc1cc2onc(C)c2cc1N. The van der Waals surface area contributed by atoms with Gasteiger partial charge >= 0.3 is 0 Å². The van der Waals surface area contributed by atoms with Crippen LogP contribution in [-0.4, -0.2) is 12.3 Å². The Morgan fingerprint density at radius 1 is 1.46 bits per heavy atom. The van der Waals surface area contributed by atoms with Gasteiger partial charge in [-0.1, -0.05) is 5.16 Å². The average molecular weight is 178 g/mol. The average Bonchev–Trinajstić information content (AvgIpc) is 2.47. The minimum atomic E-state index is 0.598. The Labute approximate surface area is 75.3 Å². The molecule has 0 fully saturated rings. The summed E-state index contributed by atoms with van der Waals surface area (Å²) in [6, 6.07) is 3.55. The highest BCUT2D eigenvalue weighted by Gasteiger charge is 2.08. The maximum absolute atomic E-state index is 5.73. The van der Waals surface area contributed by atoms with E-state index in [2.05, 4.69) is 5.16 Å². The number of methoxy groups -OCH3 is 1. The summed E-state index contributed by atoms with van der Waals surface area (Å²) in [5.41, 5.74) is 7.86. The Morgan fingerprint density at radius 3 is 2.92 bits per heavy atom. The van der Waals surface area contributed by atoms with Crippen molar-refractivity contribution in [1.82, 2.24) is 5.16 Å². The lowest BCUT2D eigenvalue weighted by Gasteiger charge is -2.02. The molecule has 0 aliphatic rings. The molecule has 0 bridgehead atoms. The molecule has 2 N–H and O–H groups in total. The van der Waals surface area contributed by atoms with Crippen molar-refractivity contribution in [3.8, 4) is 5.75 Å². The van der Waals surface area contributed by atoms with Gasteiger partial charge in [0.15, 0.2) is 5.58 Å². The Balaban J connectivity index is 2.76. The molecule has 0 radical (unpaired) electrons. The minimum Gasteiger partial charge on any atom is -0.494 e. The molecule has 0 spiro atoms. The summed E-state index contributed by atoms with van der Waals surface area (Å²) in [4.78, 5) is 0. The zero-order chi connectivity index (χ0) is 9.42. The number of hydrogen-bond donors (Lipinski definition) is 1. The van der Waals surface area contributed by atoms with Gasteiger partial charge in [-0.05, 0) is 13.0 Å². The molecule has 0 unspecified atom stereocenters. The predicted octanol–water partition coefficient (Wildman–Crippen LogP) is 1.73. The van der Waals surface area contributed by atoms with E-state index >= 15 is 0 Å². The van der Waals surface area contributed by atoms with E-state index in [9.17, 15) is 0 Å². The predicted molar refractivity (Wildman–Crippen MR) is 49.7 cm³/mol. The largest absolute Gasteiger partial charge is 0.494 e. The maximum Gasteiger partial charge on any atom is 0.170 e. The van der Waals surface area contributed by atoms with E-state index in [1.807, 2.05) is 6.92 Å². The van der Waals surface area contributed by atoms with Crippen molar-refractivity contribution in [3.05, 3.63) is 17.8 Å². The summed E-state index contributed by atoms with van der Waals surface area (Å²) in [7, 11) is 1.57. The van der Waals surface area contributed by atoms with Crippen molar-refractivity contribution in [3.63, 3.8) is 0 Å². The summed E-state index contributed by atoms with van der Waals surface area (Å²) in [5, 5.41) is 4.76. The molecule has 1 heterocycles. The van der Waals surface area contributed by atoms with Gasteiger partial charge in [-0.25, -0.2) is 0 Å². The lowest BCUT2D eigenvalue weighted by molar-refractivity contribution is 0.413. The molecule has 0 amide bonds. The third kappa shape index (κ3) is 1.11. The monoisotopic (exact) mass is 178 g/mol. The van der Waals surface area contributed by atoms with Gasteiger partial charge in [0.05, 0.1) is 18.5 Å². The van der Waals surface area contributed by atoms with Crippen molar-refractivity contribution >= 4 is 16.7 Å². The standard InChI is InChI=1S/C9H10N2O2/c1-5-6-3-7(10)9(12-2)4-8(6)13-11-5/h3-4H,10H2,1-2H3. The number of anilines is 1. The second kappa shape index (κ2) is 2.65. The minimum absolute atomic E-state index is 0.598. The first-order chi connectivity index (χ1) is 6.22. The second-order valence-corrected chi connectivity index (χ2v) is 2.86. The number of nitrogens with two attached hydrogens (primary N) is 1. The van der Waals surface area contributed by atoms with Crippen molar-refractivity contribution in [2.24, 2.45) is 0 Å². The zero-order valence-corrected chi connectivity index (χ0v) is 7.50. The Morgan fingerprint density at radius 2 is 2.23 bits per heavy atom. The highest BCUT2D eigenvalue weighted by Crippen LogP contribution is 2.29. The lowest BCUT2D eigenvalue weighted by Crippen LogP contribution is -1.91. The molecule has 13 heavy (non-hydrogen) atoms. The van der Waals surface area contributed by atoms with Gasteiger partial charge in [-0.2, -0.15) is 0 Å². The lowest BCUT2D eigenvalue weighted by atomic mass is 10.2. The van der Waals surface area contributed by atoms with Crippen LogP contribution in [-0.2, 0) is 0 Å². The van der Waals surface area contributed by atoms with Crippen LogP contribution in [0, 0.1) is 6.92 Å². The molecular weight excluding hydrogens is 168 g/mol. The van der Waals surface area contributed by atoms with Crippen LogP contribution in [0.2, 0.25) is 0 Å². The number of benzene rings is 1. The van der Waals surface area contributed by atoms with E-state index in [0.29, 0.717) is 17.0 Å². The molecule has 1 aromatic carbocycles. The number of nitrogen functional groups attached to an aromatic ring is 1. The van der Waals surface area contributed by atoms with Gasteiger partial charge in [0.25, 0.3) is 0 Å². The second-order valence-electron chi connectivity index (χ2n) is 2.86. The highest BCUT2D eigenvalue weighted by molar-refractivity contribution is 5.85. The summed E-state index contributed by atoms with van der Waals surface area (Å²) in [6.07, 6.45) is 0. The number of aromatic nitrogens is 1. The highest BCUT2D eigenvalue weighted by atomic mass is 16.5. The molecule has 0 atom stereocenters. The normalized spacial score (nSPS) is 10.6. The van der Waals surface area contributed by atoms with Crippen LogP contribution >= 0.6 is 0 Å². The third-order valence-electron chi connectivity index (χ3n) is 2.00. The van der Waals surface area contributed by atoms with Crippen LogP contribution in [0.5, 0.6) is 5.75 Å². The van der Waals surface area contributed by atoms with Crippen LogP contribution in [0.15, 0.2) is 16.7 Å². The molecule has 1 aromatic heterocycles. The maximum atomic E-state index is 5.73. The molecule has 68 valence electrons. The topological polar surface area (TPSA) is 61.3 Å². The number of rotatable bonds is 1. The molecule has 0 saturated heterocycles. The van der Waals surface area contributed by atoms with Gasteiger partial charge in [-0.3, -0.25) is 0 Å². The molecular formula is C9H10N2O2. The smallest absolute Gasteiger partial charge is 0.170 e. The van der Waals surface area contributed by atoms with Crippen LogP contribution in [0.4, 0.5) is 5.69 Å². The fourth-order valence-electron chi connectivity index (χ4n) is 1.28. The first-order valence-corrected chi connectivity index (χ1v) is 3.92. The molecule has 0 saturated carbocycles. The van der Waals surface area contributed by atoms with E-state index in [4.69, 9.17) is 15.0 Å². The Hall–Kier alpha value is -1.71. The van der Waals surface area contributed by atoms with Crippen molar-refractivity contribution in [1.29, 1.82) is 0 Å². The number of aryl methyl sites for hydroxylation is 1. The Bertz CT molecular complexity index is 448. The van der Waals surface area contributed by atoms with E-state index in [-0.39, 0.29) is 0 Å². The van der Waals surface area contributed by atoms with E-state index in [1.54, 1.807) is 19.2 Å². The quantitative estimate of drug-likeness (QED) is 0.675. The molecule has 2 rings (SSSR count). The molecule has 4 heteroatoms. The first-order valence-electron chi connectivity index (χ1n) is 3.92. The summed E-state index contributed by atoms with van der Waals surface area (Å²) >= 11 is 0. The first kappa shape index (κ1) is 7.91. The van der Waals surface area contributed by atoms with Crippen LogP contribution in [0.3, 0.4) is 0 Å². The summed E-state index contributed by atoms with van der Waals surface area (Å²) in [6.45, 7) is 1.87. The molecule has 0 aliphatic heterocycles. The Kier molecular flexibility index (Phi) is 1.62. The number of fused-ring (bicyclic) bond motifs is 1. The van der Waals surface area contributed by atoms with E-state index < -0.39 is 0 Å². The van der Waals surface area contributed by atoms with E-state index in [1.165, 1.54) is 0 Å². The van der Waals surface area contributed by atoms with Gasteiger partial charge in [0.1, 0.15) is 5.75 Å². The van der Waals surface area contributed by atoms with Crippen LogP contribution in [0.25, 0.3) is 11.0 Å². The molecule has 2 aromatic rings. The van der Waals surface area contributed by atoms with Gasteiger partial charge in [0, 0.05) is 11.5 Å². The number of nitrogens with zero attached hydrogens (tertiary/aromatic N) is 1. The third-order valence-corrected chi connectivity index (χ3v) is 2.00. The van der Waals surface area contributed by atoms with Gasteiger partial charge in [-0.15, -0.1) is 0 Å². The van der Waals surface area contributed by atoms with Gasteiger partial charge < -0.3 is 15.0 Å². The van der Waals surface area contributed by atoms with Crippen molar-refractivity contribution < 1.29 is 9.26 Å². The van der Waals surface area contributed by atoms with Gasteiger partial charge in [0.2, 0.25) is 0 Å². The van der Waals surface area contributed by atoms with Crippen LogP contribution < -0.4 is 10.5 Å². The molecule has 4 nitrogen and oxygen atoms in total. The summed E-state index contributed by atoms with van der Waals surface area (Å²) in [5.74, 6) is 0.614. The number of ether oxygens (including phenoxy) is 1. The zero-order valence-electron chi connectivity index (χ0n) is 7.50. The fourth-order valence-corrected chi connectivity index (χ4v) is 1.28. The molecule has 0 aliphatic carbocycles. The van der Waals surface area contributed by atoms with Crippen molar-refractivity contribution in [2.75, 3.05) is 12.8 Å². The van der Waals surface area contributed by atoms with Crippen LogP contribution in [0.1, 0.15) is 5.69 Å². The number of hydrogen-bond acceptors (Lipinski definition) is 4.